The highest BCUT2D eigenvalue weighted by Crippen LogP contribution is 2.35. The number of carbonyl (C=O) groups is 1. The topological polar surface area (TPSA) is 35.5 Å². The van der Waals surface area contributed by atoms with Gasteiger partial charge in [0.15, 0.2) is 5.79 Å². The van der Waals surface area contributed by atoms with Gasteiger partial charge >= 0.3 is 0 Å². The van der Waals surface area contributed by atoms with Crippen molar-refractivity contribution in [1.29, 1.82) is 0 Å². The summed E-state index contributed by atoms with van der Waals surface area (Å²) in [5.41, 5.74) is 0.517. The van der Waals surface area contributed by atoms with Crippen molar-refractivity contribution >= 4 is 5.78 Å². The maximum atomic E-state index is 12.1. The number of ketones is 1. The largest absolute Gasteiger partial charge is 0.350 e. The summed E-state index contributed by atoms with van der Waals surface area (Å²) in [5.74, 6) is -0.272. The van der Waals surface area contributed by atoms with Crippen LogP contribution in [0.2, 0.25) is 0 Å². The van der Waals surface area contributed by atoms with Crippen molar-refractivity contribution in [2.24, 2.45) is 16.2 Å². The van der Waals surface area contributed by atoms with Crippen molar-refractivity contribution in [3.8, 4) is 0 Å². The summed E-state index contributed by atoms with van der Waals surface area (Å²) in [4.78, 5) is 12.1. The van der Waals surface area contributed by atoms with E-state index in [1.165, 1.54) is 0 Å². The molecule has 0 spiro atoms. The van der Waals surface area contributed by atoms with Crippen LogP contribution in [0.4, 0.5) is 0 Å². The lowest BCUT2D eigenvalue weighted by Gasteiger charge is -2.41. The van der Waals surface area contributed by atoms with E-state index in [0.717, 1.165) is 32.1 Å². The summed E-state index contributed by atoms with van der Waals surface area (Å²) in [6.07, 6.45) is 6.32. The molecule has 3 nitrogen and oxygen atoms in total. The first kappa shape index (κ1) is 26.6. The van der Waals surface area contributed by atoms with Crippen LogP contribution in [-0.4, -0.2) is 24.8 Å². The second-order valence-electron chi connectivity index (χ2n) is 11.6. The van der Waals surface area contributed by atoms with Crippen LogP contribution in [0.3, 0.4) is 0 Å². The number of hydrogen-bond acceptors (Lipinski definition) is 3. The fourth-order valence-electron chi connectivity index (χ4n) is 2.82. The molecule has 0 radical (unpaired) electrons. The molecule has 0 aromatic carbocycles. The molecule has 0 bridgehead atoms. The van der Waals surface area contributed by atoms with E-state index in [1.807, 2.05) is 6.92 Å². The highest BCUT2D eigenvalue weighted by atomic mass is 16.7. The van der Waals surface area contributed by atoms with E-state index in [4.69, 9.17) is 9.47 Å². The van der Waals surface area contributed by atoms with Crippen LogP contribution in [-0.2, 0) is 14.3 Å². The molecule has 0 aromatic rings. The van der Waals surface area contributed by atoms with Crippen LogP contribution >= 0.6 is 0 Å². The lowest BCUT2D eigenvalue weighted by molar-refractivity contribution is -0.278. The van der Waals surface area contributed by atoms with Crippen LogP contribution in [0.15, 0.2) is 0 Å². The third-order valence-corrected chi connectivity index (χ3v) is 5.17. The molecule has 0 fully saturated rings. The average molecular weight is 385 g/mol. The molecule has 0 heterocycles. The second kappa shape index (κ2) is 11.0. The molecule has 0 rings (SSSR count). The Balaban J connectivity index is 4.26. The molecule has 1 atom stereocenters. The molecule has 0 aliphatic heterocycles. The lowest BCUT2D eigenvalue weighted by Crippen LogP contribution is -2.45. The zero-order chi connectivity index (χ0) is 21.4. The van der Waals surface area contributed by atoms with Gasteiger partial charge in [0.2, 0.25) is 0 Å². The first-order chi connectivity index (χ1) is 12.1. The van der Waals surface area contributed by atoms with Crippen LogP contribution < -0.4 is 0 Å². The molecule has 0 aromatic heterocycles. The Hall–Kier alpha value is -0.410. The molecular formula is C24H48O3. The van der Waals surface area contributed by atoms with E-state index in [2.05, 4.69) is 62.3 Å². The third kappa shape index (κ3) is 13.4. The van der Waals surface area contributed by atoms with Gasteiger partial charge in [-0.15, -0.1) is 0 Å². The quantitative estimate of drug-likeness (QED) is 0.264. The van der Waals surface area contributed by atoms with Gasteiger partial charge < -0.3 is 9.47 Å². The number of ether oxygens (including phenoxy) is 2. The summed E-state index contributed by atoms with van der Waals surface area (Å²) in [5, 5.41) is 0. The summed E-state index contributed by atoms with van der Waals surface area (Å²) >= 11 is 0. The summed E-state index contributed by atoms with van der Waals surface area (Å²) < 4.78 is 12.4. The number of Topliss-reactive ketones (excluding diaryl/α,β-unsaturated/α-hetero) is 1. The van der Waals surface area contributed by atoms with E-state index >= 15 is 0 Å². The van der Waals surface area contributed by atoms with Crippen molar-refractivity contribution in [2.75, 3.05) is 13.2 Å². The Morgan fingerprint density at radius 2 is 1.04 bits per heavy atom. The van der Waals surface area contributed by atoms with E-state index in [-0.39, 0.29) is 5.41 Å². The molecule has 3 heteroatoms. The Morgan fingerprint density at radius 3 is 1.48 bits per heavy atom. The molecule has 0 N–H and O–H groups in total. The highest BCUT2D eigenvalue weighted by Gasteiger charge is 2.39. The number of carbonyl (C=O) groups excluding carboxylic acids is 1. The molecule has 162 valence electrons. The molecule has 0 amide bonds. The Kier molecular flexibility index (Phi) is 10.8. The Bertz CT molecular complexity index is 420. The summed E-state index contributed by atoms with van der Waals surface area (Å²) in [6, 6.07) is 0. The first-order valence-corrected chi connectivity index (χ1v) is 10.9. The van der Waals surface area contributed by atoms with Gasteiger partial charge in [0.1, 0.15) is 5.78 Å². The van der Waals surface area contributed by atoms with Crippen molar-refractivity contribution in [1.82, 2.24) is 0 Å². The van der Waals surface area contributed by atoms with Crippen LogP contribution in [0.1, 0.15) is 114 Å². The molecular weight excluding hydrogens is 336 g/mol. The minimum atomic E-state index is -0.625. The van der Waals surface area contributed by atoms with E-state index < -0.39 is 5.79 Å². The van der Waals surface area contributed by atoms with Gasteiger partial charge in [-0.2, -0.15) is 0 Å². The molecule has 0 aliphatic carbocycles. The van der Waals surface area contributed by atoms with Crippen molar-refractivity contribution in [3.63, 3.8) is 0 Å². The summed E-state index contributed by atoms with van der Waals surface area (Å²) in [7, 11) is 0. The standard InChI is InChI=1S/C24H48O3/c1-21(2,3)16-11-14-20(25)15-12-18-26-24(10,23(7,8)9)27-19-13-17-22(4,5)6/h11-19H2,1-10H3. The molecule has 1 unspecified atom stereocenters. The summed E-state index contributed by atoms with van der Waals surface area (Å²) in [6.45, 7) is 23.2. The van der Waals surface area contributed by atoms with Gasteiger partial charge in [0.05, 0.1) is 13.2 Å². The minimum Gasteiger partial charge on any atom is -0.350 e. The van der Waals surface area contributed by atoms with Crippen molar-refractivity contribution in [3.05, 3.63) is 0 Å². The Labute approximate surface area is 170 Å². The van der Waals surface area contributed by atoms with E-state index in [9.17, 15) is 4.79 Å². The second-order valence-corrected chi connectivity index (χ2v) is 11.6. The monoisotopic (exact) mass is 384 g/mol. The number of rotatable bonds is 12. The first-order valence-electron chi connectivity index (χ1n) is 10.9. The van der Waals surface area contributed by atoms with Crippen LogP contribution in [0.25, 0.3) is 0 Å². The fourth-order valence-corrected chi connectivity index (χ4v) is 2.82. The van der Waals surface area contributed by atoms with Gasteiger partial charge in [-0.3, -0.25) is 4.79 Å². The van der Waals surface area contributed by atoms with Gasteiger partial charge in [-0.05, 0) is 49.9 Å². The average Bonchev–Trinajstić information content (AvgIpc) is 2.45. The van der Waals surface area contributed by atoms with Crippen LogP contribution in [0, 0.1) is 16.2 Å². The fraction of sp³-hybridized carbons (Fsp3) is 0.958. The third-order valence-electron chi connectivity index (χ3n) is 5.17. The van der Waals surface area contributed by atoms with Gasteiger partial charge in [-0.25, -0.2) is 0 Å². The highest BCUT2D eigenvalue weighted by molar-refractivity contribution is 5.78. The van der Waals surface area contributed by atoms with Crippen molar-refractivity contribution in [2.45, 2.75) is 120 Å². The maximum Gasteiger partial charge on any atom is 0.170 e. The maximum absolute atomic E-state index is 12.1. The van der Waals surface area contributed by atoms with Gasteiger partial charge in [-0.1, -0.05) is 62.3 Å². The zero-order valence-corrected chi connectivity index (χ0v) is 20.1. The van der Waals surface area contributed by atoms with Crippen molar-refractivity contribution < 1.29 is 14.3 Å². The van der Waals surface area contributed by atoms with E-state index in [0.29, 0.717) is 42.7 Å². The predicted octanol–water partition coefficient (Wildman–Crippen LogP) is 7.17. The molecule has 0 saturated heterocycles. The smallest absolute Gasteiger partial charge is 0.170 e. The Morgan fingerprint density at radius 1 is 0.630 bits per heavy atom. The minimum absolute atomic E-state index is 0.120. The normalized spacial score (nSPS) is 15.6. The molecule has 27 heavy (non-hydrogen) atoms. The number of hydrogen-bond donors (Lipinski definition) is 0. The predicted molar refractivity (Wildman–Crippen MR) is 116 cm³/mol. The lowest BCUT2D eigenvalue weighted by atomic mass is 9.86. The van der Waals surface area contributed by atoms with Gasteiger partial charge in [0.25, 0.3) is 0 Å². The molecule has 0 saturated carbocycles. The van der Waals surface area contributed by atoms with Crippen LogP contribution in [0.5, 0.6) is 0 Å². The molecule has 0 aliphatic rings. The van der Waals surface area contributed by atoms with Gasteiger partial charge in [0, 0.05) is 18.3 Å². The SMILES string of the molecule is CC(C)(C)CCCOC(C)(OCCCC(=O)CCCC(C)(C)C)C(C)(C)C. The zero-order valence-electron chi connectivity index (χ0n) is 20.1. The van der Waals surface area contributed by atoms with E-state index in [1.54, 1.807) is 0 Å².